The molecule has 6 heteroatoms. The van der Waals surface area contributed by atoms with Crippen LogP contribution in [0.1, 0.15) is 12.3 Å². The van der Waals surface area contributed by atoms with Gasteiger partial charge in [-0.1, -0.05) is 59.6 Å². The molecule has 122 valence electrons. The highest BCUT2D eigenvalue weighted by Gasteiger charge is 2.11. The lowest BCUT2D eigenvalue weighted by Gasteiger charge is -2.07. The number of oxazole rings is 1. The number of carbonyl (C=O) groups excluding carboxylic acids is 1. The summed E-state index contributed by atoms with van der Waals surface area (Å²) >= 11 is 12.0. The smallest absolute Gasteiger partial charge is 0.224 e. The van der Waals surface area contributed by atoms with E-state index in [-0.39, 0.29) is 12.3 Å². The first-order chi connectivity index (χ1) is 11.6. The molecule has 1 amide bonds. The van der Waals surface area contributed by atoms with Gasteiger partial charge in [0.15, 0.2) is 11.7 Å². The molecule has 4 nitrogen and oxygen atoms in total. The molecule has 0 unspecified atom stereocenters. The molecule has 1 heterocycles. The Morgan fingerprint density at radius 3 is 2.67 bits per heavy atom. The van der Waals surface area contributed by atoms with Gasteiger partial charge < -0.3 is 9.73 Å². The molecule has 0 saturated heterocycles. The summed E-state index contributed by atoms with van der Waals surface area (Å²) in [6.45, 7) is 0. The van der Waals surface area contributed by atoms with Crippen LogP contribution >= 0.6 is 23.2 Å². The van der Waals surface area contributed by atoms with Crippen LogP contribution in [0.25, 0.3) is 11.3 Å². The molecule has 0 saturated carbocycles. The van der Waals surface area contributed by atoms with E-state index >= 15 is 0 Å². The summed E-state index contributed by atoms with van der Waals surface area (Å²) in [5, 5.41) is 3.46. The van der Waals surface area contributed by atoms with Crippen molar-refractivity contribution in [3.05, 3.63) is 70.7 Å². The second-order valence-electron chi connectivity index (χ2n) is 5.13. The largest absolute Gasteiger partial charge is 0.441 e. The number of halogens is 2. The highest BCUT2D eigenvalue weighted by molar-refractivity contribution is 6.43. The van der Waals surface area contributed by atoms with E-state index in [4.69, 9.17) is 27.6 Å². The maximum absolute atomic E-state index is 12.0. The average Bonchev–Trinajstić information content (AvgIpc) is 3.07. The lowest BCUT2D eigenvalue weighted by Crippen LogP contribution is -2.12. The number of rotatable bonds is 5. The first kappa shape index (κ1) is 16.6. The summed E-state index contributed by atoms with van der Waals surface area (Å²) in [4.78, 5) is 16.3. The van der Waals surface area contributed by atoms with Gasteiger partial charge >= 0.3 is 0 Å². The lowest BCUT2D eigenvalue weighted by molar-refractivity contribution is -0.116. The van der Waals surface area contributed by atoms with Crippen LogP contribution < -0.4 is 5.32 Å². The first-order valence-electron chi connectivity index (χ1n) is 7.37. The van der Waals surface area contributed by atoms with Gasteiger partial charge in [0.25, 0.3) is 0 Å². The summed E-state index contributed by atoms with van der Waals surface area (Å²) in [5.74, 6) is 1.02. The van der Waals surface area contributed by atoms with Crippen LogP contribution in [0.5, 0.6) is 0 Å². The Labute approximate surface area is 149 Å². The Bertz CT molecular complexity index is 847. The van der Waals surface area contributed by atoms with E-state index in [1.807, 2.05) is 30.3 Å². The molecule has 2 aromatic carbocycles. The van der Waals surface area contributed by atoms with Crippen LogP contribution in [-0.2, 0) is 11.2 Å². The molecular formula is C18H14Cl2N2O2. The number of nitrogens with one attached hydrogen (secondary N) is 1. The van der Waals surface area contributed by atoms with Crippen LogP contribution in [0.3, 0.4) is 0 Å². The molecule has 0 aliphatic carbocycles. The highest BCUT2D eigenvalue weighted by Crippen LogP contribution is 2.29. The Balaban J connectivity index is 1.59. The maximum atomic E-state index is 12.0. The van der Waals surface area contributed by atoms with E-state index in [2.05, 4.69) is 10.3 Å². The van der Waals surface area contributed by atoms with Gasteiger partial charge in [-0.3, -0.25) is 4.79 Å². The van der Waals surface area contributed by atoms with Crippen molar-refractivity contribution < 1.29 is 9.21 Å². The van der Waals surface area contributed by atoms with Crippen molar-refractivity contribution in [3.63, 3.8) is 0 Å². The van der Waals surface area contributed by atoms with Crippen molar-refractivity contribution >= 4 is 34.8 Å². The van der Waals surface area contributed by atoms with Gasteiger partial charge in [-0.2, -0.15) is 0 Å². The van der Waals surface area contributed by atoms with E-state index < -0.39 is 0 Å². The lowest BCUT2D eigenvalue weighted by atomic mass is 10.2. The zero-order valence-corrected chi connectivity index (χ0v) is 14.1. The standard InChI is InChI=1S/C18H14Cl2N2O2/c19-13-7-4-8-14(18(13)20)22-16(23)9-10-17-21-11-15(24-17)12-5-2-1-3-6-12/h1-8,11H,9-10H2,(H,22,23). The van der Waals surface area contributed by atoms with E-state index in [1.165, 1.54) is 0 Å². The van der Waals surface area contributed by atoms with Gasteiger partial charge in [-0.15, -0.1) is 0 Å². The number of hydrogen-bond acceptors (Lipinski definition) is 3. The number of nitrogens with zero attached hydrogens (tertiary/aromatic N) is 1. The normalized spacial score (nSPS) is 10.6. The second kappa shape index (κ2) is 7.51. The fraction of sp³-hybridized carbons (Fsp3) is 0.111. The molecule has 0 aliphatic heterocycles. The highest BCUT2D eigenvalue weighted by atomic mass is 35.5. The number of hydrogen-bond donors (Lipinski definition) is 1. The Hall–Kier alpha value is -2.30. The fourth-order valence-corrected chi connectivity index (χ4v) is 2.54. The van der Waals surface area contributed by atoms with E-state index in [0.29, 0.717) is 33.8 Å². The molecule has 3 rings (SSSR count). The summed E-state index contributed by atoms with van der Waals surface area (Å²) in [6.07, 6.45) is 2.30. The van der Waals surface area contributed by atoms with E-state index in [9.17, 15) is 4.79 Å². The third-order valence-corrected chi connectivity index (χ3v) is 4.22. The predicted molar refractivity (Wildman–Crippen MR) is 95.4 cm³/mol. The monoisotopic (exact) mass is 360 g/mol. The van der Waals surface area contributed by atoms with Gasteiger partial charge in [0.2, 0.25) is 5.91 Å². The number of amides is 1. The van der Waals surface area contributed by atoms with Gasteiger partial charge in [-0.25, -0.2) is 4.98 Å². The molecule has 0 radical (unpaired) electrons. The van der Waals surface area contributed by atoms with Gasteiger partial charge in [0, 0.05) is 18.4 Å². The molecular weight excluding hydrogens is 347 g/mol. The molecule has 0 aliphatic rings. The van der Waals surface area contributed by atoms with Crippen LogP contribution in [0.4, 0.5) is 5.69 Å². The first-order valence-corrected chi connectivity index (χ1v) is 8.13. The van der Waals surface area contributed by atoms with E-state index in [0.717, 1.165) is 5.56 Å². The number of aromatic nitrogens is 1. The molecule has 1 N–H and O–H groups in total. The summed E-state index contributed by atoms with van der Waals surface area (Å²) in [6, 6.07) is 14.8. The van der Waals surface area contributed by atoms with Gasteiger partial charge in [0.1, 0.15) is 0 Å². The quantitative estimate of drug-likeness (QED) is 0.678. The zero-order chi connectivity index (χ0) is 16.9. The van der Waals surface area contributed by atoms with Gasteiger partial charge in [0.05, 0.1) is 21.9 Å². The number of aryl methyl sites for hydroxylation is 1. The molecule has 0 bridgehead atoms. The van der Waals surface area contributed by atoms with Crippen molar-refractivity contribution in [3.8, 4) is 11.3 Å². The van der Waals surface area contributed by atoms with Gasteiger partial charge in [-0.05, 0) is 12.1 Å². The molecule has 0 spiro atoms. The summed E-state index contributed by atoms with van der Waals surface area (Å²) < 4.78 is 5.67. The number of anilines is 1. The predicted octanol–water partition coefficient (Wildman–Crippen LogP) is 5.22. The number of carbonyl (C=O) groups is 1. The van der Waals surface area contributed by atoms with Crippen LogP contribution in [0, 0.1) is 0 Å². The van der Waals surface area contributed by atoms with Crippen molar-refractivity contribution in [1.29, 1.82) is 0 Å². The molecule has 0 atom stereocenters. The maximum Gasteiger partial charge on any atom is 0.224 e. The van der Waals surface area contributed by atoms with E-state index in [1.54, 1.807) is 24.4 Å². The summed E-state index contributed by atoms with van der Waals surface area (Å²) in [7, 11) is 0. The fourth-order valence-electron chi connectivity index (χ4n) is 2.20. The third kappa shape index (κ3) is 3.96. The minimum Gasteiger partial charge on any atom is -0.441 e. The minimum absolute atomic E-state index is 0.182. The second-order valence-corrected chi connectivity index (χ2v) is 5.92. The number of benzene rings is 2. The average molecular weight is 361 g/mol. The molecule has 0 fully saturated rings. The topological polar surface area (TPSA) is 55.1 Å². The van der Waals surface area contributed by atoms with Crippen molar-refractivity contribution in [2.75, 3.05) is 5.32 Å². The van der Waals surface area contributed by atoms with Crippen molar-refractivity contribution in [2.24, 2.45) is 0 Å². The third-order valence-electron chi connectivity index (χ3n) is 3.40. The molecule has 3 aromatic rings. The summed E-state index contributed by atoms with van der Waals surface area (Å²) in [5.41, 5.74) is 1.44. The Morgan fingerprint density at radius 2 is 1.88 bits per heavy atom. The minimum atomic E-state index is -0.182. The molecule has 24 heavy (non-hydrogen) atoms. The van der Waals surface area contributed by atoms with Crippen molar-refractivity contribution in [1.82, 2.24) is 4.98 Å². The Morgan fingerprint density at radius 1 is 1.08 bits per heavy atom. The van der Waals surface area contributed by atoms with Crippen molar-refractivity contribution in [2.45, 2.75) is 12.8 Å². The zero-order valence-electron chi connectivity index (χ0n) is 12.6. The Kier molecular flexibility index (Phi) is 5.18. The SMILES string of the molecule is O=C(CCc1ncc(-c2ccccc2)o1)Nc1cccc(Cl)c1Cl. The van der Waals surface area contributed by atoms with Crippen LogP contribution in [-0.4, -0.2) is 10.9 Å². The van der Waals surface area contributed by atoms with Crippen LogP contribution in [0.15, 0.2) is 59.1 Å². The van der Waals surface area contributed by atoms with Crippen LogP contribution in [0.2, 0.25) is 10.0 Å². The molecule has 1 aromatic heterocycles.